The summed E-state index contributed by atoms with van der Waals surface area (Å²) in [5.41, 5.74) is 0.220. The minimum Gasteiger partial charge on any atom is -0.394 e. The summed E-state index contributed by atoms with van der Waals surface area (Å²) in [6.45, 7) is 0.225. The number of amides is 1. The Kier molecular flexibility index (Phi) is 6.64. The molecule has 2 aromatic carbocycles. The number of ether oxygens (including phenoxy) is 1. The lowest BCUT2D eigenvalue weighted by Crippen LogP contribution is -2.47. The van der Waals surface area contributed by atoms with Crippen LogP contribution in [-0.2, 0) is 4.74 Å². The van der Waals surface area contributed by atoms with E-state index in [2.05, 4.69) is 10.4 Å². The predicted molar refractivity (Wildman–Crippen MR) is 118 cm³/mol. The Hall–Kier alpha value is -3.07. The maximum absolute atomic E-state index is 13.8. The summed E-state index contributed by atoms with van der Waals surface area (Å²) in [5, 5.41) is 17.3. The van der Waals surface area contributed by atoms with Crippen molar-refractivity contribution >= 4 is 17.5 Å². The van der Waals surface area contributed by atoms with Gasteiger partial charge in [-0.2, -0.15) is 9.78 Å². The number of hydrogen-bond donors (Lipinski definition) is 2. The summed E-state index contributed by atoms with van der Waals surface area (Å²) in [5.74, 6) is -1.22. The quantitative estimate of drug-likeness (QED) is 0.593. The standard InChI is InChI=1S/C23H21ClFN3O4/c24-15-8-6-14(7-9-15)19-12-18(22(30)26-20(13-29)21-5-2-10-32-21)23(31)28(27-19)17-4-1-3-16(25)11-17/h1,3-4,6-9,11-12,20-21,29H,2,5,10,13H2,(H,26,30)/t20?,21-/m0/s1. The van der Waals surface area contributed by atoms with Gasteiger partial charge in [-0.1, -0.05) is 29.8 Å². The van der Waals surface area contributed by atoms with Gasteiger partial charge in [-0.15, -0.1) is 0 Å². The lowest BCUT2D eigenvalue weighted by molar-refractivity contribution is 0.0502. The van der Waals surface area contributed by atoms with Gasteiger partial charge in [0, 0.05) is 17.2 Å². The summed E-state index contributed by atoms with van der Waals surface area (Å²) in [7, 11) is 0. The number of halogens is 2. The van der Waals surface area contributed by atoms with E-state index in [4.69, 9.17) is 16.3 Å². The summed E-state index contributed by atoms with van der Waals surface area (Å²) >= 11 is 5.97. The summed E-state index contributed by atoms with van der Waals surface area (Å²) < 4.78 is 20.4. The fourth-order valence-electron chi connectivity index (χ4n) is 3.62. The van der Waals surface area contributed by atoms with E-state index in [-0.39, 0.29) is 24.0 Å². The van der Waals surface area contributed by atoms with Crippen molar-refractivity contribution in [1.29, 1.82) is 0 Å². The number of carbonyl (C=O) groups is 1. The van der Waals surface area contributed by atoms with Gasteiger partial charge in [0.2, 0.25) is 0 Å². The molecule has 1 aliphatic heterocycles. The Morgan fingerprint density at radius 3 is 2.72 bits per heavy atom. The number of aliphatic hydroxyl groups excluding tert-OH is 1. The van der Waals surface area contributed by atoms with Crippen LogP contribution in [-0.4, -0.2) is 46.2 Å². The van der Waals surface area contributed by atoms with Crippen LogP contribution in [0.5, 0.6) is 0 Å². The zero-order valence-electron chi connectivity index (χ0n) is 17.0. The Morgan fingerprint density at radius 1 is 1.28 bits per heavy atom. The highest BCUT2D eigenvalue weighted by Crippen LogP contribution is 2.21. The van der Waals surface area contributed by atoms with Crippen LogP contribution in [0.3, 0.4) is 0 Å². The van der Waals surface area contributed by atoms with Gasteiger partial charge in [-0.25, -0.2) is 4.39 Å². The molecule has 1 saturated heterocycles. The fraction of sp³-hybridized carbons (Fsp3) is 0.261. The molecule has 7 nitrogen and oxygen atoms in total. The van der Waals surface area contributed by atoms with Crippen LogP contribution in [0.4, 0.5) is 4.39 Å². The second-order valence-electron chi connectivity index (χ2n) is 7.46. The van der Waals surface area contributed by atoms with Crippen molar-refractivity contribution in [3.63, 3.8) is 0 Å². The van der Waals surface area contributed by atoms with E-state index < -0.39 is 23.3 Å². The average Bonchev–Trinajstić information content (AvgIpc) is 3.33. The van der Waals surface area contributed by atoms with E-state index >= 15 is 0 Å². The van der Waals surface area contributed by atoms with Gasteiger partial charge in [0.1, 0.15) is 11.4 Å². The van der Waals surface area contributed by atoms with E-state index in [0.717, 1.165) is 17.2 Å². The molecule has 0 spiro atoms. The molecule has 2 atom stereocenters. The molecule has 1 fully saturated rings. The molecule has 2 heterocycles. The van der Waals surface area contributed by atoms with Gasteiger partial charge in [-0.3, -0.25) is 9.59 Å². The molecule has 1 aliphatic rings. The molecule has 166 valence electrons. The SMILES string of the molecule is O=C(NC(CO)[C@@H]1CCCO1)c1cc(-c2ccc(Cl)cc2)nn(-c2cccc(F)c2)c1=O. The first-order chi connectivity index (χ1) is 15.5. The third kappa shape index (κ3) is 4.72. The topological polar surface area (TPSA) is 93.4 Å². The minimum atomic E-state index is -0.713. The normalized spacial score (nSPS) is 16.7. The molecule has 0 bridgehead atoms. The lowest BCUT2D eigenvalue weighted by atomic mass is 10.1. The number of rotatable bonds is 6. The average molecular weight is 458 g/mol. The highest BCUT2D eigenvalue weighted by atomic mass is 35.5. The number of nitrogens with zero attached hydrogens (tertiary/aromatic N) is 2. The molecule has 1 unspecified atom stereocenters. The second kappa shape index (κ2) is 9.60. The largest absolute Gasteiger partial charge is 0.394 e. The maximum atomic E-state index is 13.8. The van der Waals surface area contributed by atoms with Crippen LogP contribution in [0.1, 0.15) is 23.2 Å². The van der Waals surface area contributed by atoms with Crippen molar-refractivity contribution in [2.24, 2.45) is 0 Å². The Labute approximate surface area is 188 Å². The lowest BCUT2D eigenvalue weighted by Gasteiger charge is -2.22. The molecule has 3 aromatic rings. The molecular weight excluding hydrogens is 437 g/mol. The van der Waals surface area contributed by atoms with Crippen molar-refractivity contribution in [1.82, 2.24) is 15.1 Å². The molecule has 0 radical (unpaired) electrons. The van der Waals surface area contributed by atoms with Gasteiger partial charge in [0.25, 0.3) is 11.5 Å². The second-order valence-corrected chi connectivity index (χ2v) is 7.90. The van der Waals surface area contributed by atoms with E-state index in [1.807, 2.05) is 0 Å². The first kappa shape index (κ1) is 22.1. The smallest absolute Gasteiger partial charge is 0.284 e. The number of benzene rings is 2. The van der Waals surface area contributed by atoms with E-state index in [1.54, 1.807) is 24.3 Å². The van der Waals surface area contributed by atoms with E-state index in [9.17, 15) is 19.1 Å². The molecule has 2 N–H and O–H groups in total. The number of nitrogens with one attached hydrogen (secondary N) is 1. The van der Waals surface area contributed by atoms with Crippen molar-refractivity contribution in [2.45, 2.75) is 25.0 Å². The first-order valence-corrected chi connectivity index (χ1v) is 10.5. The number of aromatic nitrogens is 2. The highest BCUT2D eigenvalue weighted by molar-refractivity contribution is 6.30. The van der Waals surface area contributed by atoms with Crippen LogP contribution in [0.2, 0.25) is 5.02 Å². The molecule has 1 aromatic heterocycles. The highest BCUT2D eigenvalue weighted by Gasteiger charge is 2.28. The molecule has 0 saturated carbocycles. The molecule has 1 amide bonds. The van der Waals surface area contributed by atoms with Gasteiger partial charge in [0.05, 0.1) is 30.1 Å². The summed E-state index contributed by atoms with van der Waals surface area (Å²) in [4.78, 5) is 26.2. The Morgan fingerprint density at radius 2 is 2.06 bits per heavy atom. The number of aliphatic hydroxyl groups is 1. The van der Waals surface area contributed by atoms with E-state index in [0.29, 0.717) is 29.3 Å². The first-order valence-electron chi connectivity index (χ1n) is 10.2. The zero-order valence-corrected chi connectivity index (χ0v) is 17.8. The Bertz CT molecular complexity index is 1180. The fourth-order valence-corrected chi connectivity index (χ4v) is 3.75. The molecule has 4 rings (SSSR count). The molecular formula is C23H21ClFN3O4. The van der Waals surface area contributed by atoms with Gasteiger partial charge in [0.15, 0.2) is 0 Å². The number of hydrogen-bond acceptors (Lipinski definition) is 5. The van der Waals surface area contributed by atoms with Crippen molar-refractivity contribution in [3.05, 3.63) is 81.4 Å². The summed E-state index contributed by atoms with van der Waals surface area (Å²) in [6.07, 6.45) is 1.21. The van der Waals surface area contributed by atoms with Crippen molar-refractivity contribution < 1.29 is 19.0 Å². The minimum absolute atomic E-state index is 0.178. The van der Waals surface area contributed by atoms with Crippen LogP contribution in [0, 0.1) is 5.82 Å². The number of carbonyl (C=O) groups excluding carboxylic acids is 1. The molecule has 32 heavy (non-hydrogen) atoms. The van der Waals surface area contributed by atoms with Crippen LogP contribution in [0.15, 0.2) is 59.4 Å². The van der Waals surface area contributed by atoms with Crippen molar-refractivity contribution in [2.75, 3.05) is 13.2 Å². The van der Waals surface area contributed by atoms with Crippen LogP contribution in [0.25, 0.3) is 16.9 Å². The van der Waals surface area contributed by atoms with Crippen molar-refractivity contribution in [3.8, 4) is 16.9 Å². The van der Waals surface area contributed by atoms with E-state index in [1.165, 1.54) is 24.3 Å². The maximum Gasteiger partial charge on any atom is 0.284 e. The third-order valence-electron chi connectivity index (χ3n) is 5.28. The van der Waals surface area contributed by atoms with Gasteiger partial charge in [-0.05, 0) is 49.2 Å². The monoisotopic (exact) mass is 457 g/mol. The molecule has 0 aliphatic carbocycles. The predicted octanol–water partition coefficient (Wildman–Crippen LogP) is 2.96. The van der Waals surface area contributed by atoms with Crippen LogP contribution >= 0.6 is 11.6 Å². The third-order valence-corrected chi connectivity index (χ3v) is 5.53. The zero-order chi connectivity index (χ0) is 22.7. The van der Waals surface area contributed by atoms with Crippen LogP contribution < -0.4 is 10.9 Å². The van der Waals surface area contributed by atoms with Gasteiger partial charge >= 0.3 is 0 Å². The molecule has 9 heteroatoms. The van der Waals surface area contributed by atoms with Gasteiger partial charge < -0.3 is 15.2 Å². The summed E-state index contributed by atoms with van der Waals surface area (Å²) in [6, 6.07) is 12.8. The Balaban J connectivity index is 1.78.